The Balaban J connectivity index is 2.89. The maximum absolute atomic E-state index is 6.31. The molecule has 0 radical (unpaired) electrons. The molecule has 0 amide bonds. The summed E-state index contributed by atoms with van der Waals surface area (Å²) >= 11 is 6.31. The Hall–Kier alpha value is -1.48. The molecule has 0 aliphatic rings. The van der Waals surface area contributed by atoms with Gasteiger partial charge in [-0.2, -0.15) is 0 Å². The second-order valence-electron chi connectivity index (χ2n) is 3.91. The highest BCUT2D eigenvalue weighted by Crippen LogP contribution is 2.37. The van der Waals surface area contributed by atoms with Crippen LogP contribution in [0, 0.1) is 13.8 Å². The van der Waals surface area contributed by atoms with Crippen molar-refractivity contribution in [1.82, 2.24) is 4.98 Å². The molecule has 4 heteroatoms. The first-order valence-corrected chi connectivity index (χ1v) is 5.64. The Kier molecular flexibility index (Phi) is 3.11. The Morgan fingerprint density at radius 3 is 2.35 bits per heavy atom. The van der Waals surface area contributed by atoms with Gasteiger partial charge in [0.05, 0.1) is 24.8 Å². The van der Waals surface area contributed by atoms with Crippen LogP contribution in [0.2, 0.25) is 5.02 Å². The molecular weight excluding hydrogens is 238 g/mol. The molecule has 0 aliphatic carbocycles. The van der Waals surface area contributed by atoms with Crippen LogP contribution in [0.4, 0.5) is 0 Å². The molecule has 1 aromatic carbocycles. The Labute approximate surface area is 105 Å². The van der Waals surface area contributed by atoms with E-state index >= 15 is 0 Å². The molecule has 0 saturated carbocycles. The van der Waals surface area contributed by atoms with Crippen LogP contribution in [0.15, 0.2) is 12.1 Å². The summed E-state index contributed by atoms with van der Waals surface area (Å²) < 4.78 is 10.4. The van der Waals surface area contributed by atoms with Crippen LogP contribution < -0.4 is 9.47 Å². The monoisotopic (exact) mass is 251 g/mol. The van der Waals surface area contributed by atoms with Crippen LogP contribution in [0.25, 0.3) is 10.9 Å². The highest BCUT2D eigenvalue weighted by Gasteiger charge is 2.13. The van der Waals surface area contributed by atoms with Crippen molar-refractivity contribution in [2.45, 2.75) is 13.8 Å². The minimum atomic E-state index is 0.597. The fraction of sp³-hybridized carbons (Fsp3) is 0.308. The molecule has 1 aromatic heterocycles. The number of nitrogens with zero attached hydrogens (tertiary/aromatic N) is 1. The van der Waals surface area contributed by atoms with E-state index in [1.807, 2.05) is 26.0 Å². The second kappa shape index (κ2) is 4.41. The number of pyridine rings is 1. The third-order valence-electron chi connectivity index (χ3n) is 2.78. The Bertz CT molecular complexity index is 581. The minimum absolute atomic E-state index is 0.597. The molecule has 2 rings (SSSR count). The lowest BCUT2D eigenvalue weighted by atomic mass is 10.1. The molecule has 0 N–H and O–H groups in total. The van der Waals surface area contributed by atoms with Gasteiger partial charge >= 0.3 is 0 Å². The molecule has 1 heterocycles. The van der Waals surface area contributed by atoms with Crippen molar-refractivity contribution in [3.05, 3.63) is 28.3 Å². The van der Waals surface area contributed by atoms with Gasteiger partial charge in [0.2, 0.25) is 5.88 Å². The average molecular weight is 252 g/mol. The fourth-order valence-electron chi connectivity index (χ4n) is 1.91. The summed E-state index contributed by atoms with van der Waals surface area (Å²) in [6.45, 7) is 3.96. The molecule has 90 valence electrons. The first kappa shape index (κ1) is 12.0. The highest BCUT2D eigenvalue weighted by atomic mass is 35.5. The fourth-order valence-corrected chi connectivity index (χ4v) is 2.28. The third-order valence-corrected chi connectivity index (χ3v) is 3.15. The first-order valence-electron chi connectivity index (χ1n) is 5.27. The predicted molar refractivity (Wildman–Crippen MR) is 69.3 cm³/mol. The lowest BCUT2D eigenvalue weighted by molar-refractivity contribution is 0.399. The van der Waals surface area contributed by atoms with E-state index in [4.69, 9.17) is 21.1 Å². The van der Waals surface area contributed by atoms with Crippen molar-refractivity contribution < 1.29 is 9.47 Å². The maximum atomic E-state index is 6.31. The lowest BCUT2D eigenvalue weighted by Crippen LogP contribution is -1.95. The van der Waals surface area contributed by atoms with Crippen molar-refractivity contribution in [3.8, 4) is 11.6 Å². The number of ether oxygens (including phenoxy) is 2. The number of fused-ring (bicyclic) bond motifs is 1. The molecule has 0 aliphatic heterocycles. The van der Waals surface area contributed by atoms with Crippen molar-refractivity contribution in [3.63, 3.8) is 0 Å². The molecule has 0 saturated heterocycles. The van der Waals surface area contributed by atoms with E-state index in [0.717, 1.165) is 22.0 Å². The molecule has 17 heavy (non-hydrogen) atoms. The number of halogens is 1. The predicted octanol–water partition coefficient (Wildman–Crippen LogP) is 3.52. The van der Waals surface area contributed by atoms with Gasteiger partial charge in [0.1, 0.15) is 5.75 Å². The lowest BCUT2D eigenvalue weighted by Gasteiger charge is -2.12. The van der Waals surface area contributed by atoms with Gasteiger partial charge in [-0.25, -0.2) is 4.98 Å². The average Bonchev–Trinajstić information content (AvgIpc) is 2.32. The molecule has 0 fully saturated rings. The van der Waals surface area contributed by atoms with Gasteiger partial charge in [0.15, 0.2) is 0 Å². The van der Waals surface area contributed by atoms with E-state index in [-0.39, 0.29) is 0 Å². The quantitative estimate of drug-likeness (QED) is 0.818. The summed E-state index contributed by atoms with van der Waals surface area (Å²) in [5.74, 6) is 1.27. The summed E-state index contributed by atoms with van der Waals surface area (Å²) in [7, 11) is 3.22. The molecular formula is C13H14ClNO2. The van der Waals surface area contributed by atoms with Crippen molar-refractivity contribution in [2.75, 3.05) is 14.2 Å². The number of methoxy groups -OCH3 is 2. The number of aromatic nitrogens is 1. The topological polar surface area (TPSA) is 31.4 Å². The minimum Gasteiger partial charge on any atom is -0.495 e. The summed E-state index contributed by atoms with van der Waals surface area (Å²) in [5, 5.41) is 1.52. The molecule has 2 aromatic rings. The van der Waals surface area contributed by atoms with Crippen LogP contribution in [0.3, 0.4) is 0 Å². The first-order chi connectivity index (χ1) is 8.08. The summed E-state index contributed by atoms with van der Waals surface area (Å²) in [5.41, 5.74) is 2.90. The van der Waals surface area contributed by atoms with Crippen molar-refractivity contribution in [1.29, 1.82) is 0 Å². The highest BCUT2D eigenvalue weighted by molar-refractivity contribution is 6.37. The van der Waals surface area contributed by atoms with Gasteiger partial charge in [-0.15, -0.1) is 0 Å². The zero-order valence-corrected chi connectivity index (χ0v) is 11.1. The van der Waals surface area contributed by atoms with E-state index in [2.05, 4.69) is 4.98 Å². The van der Waals surface area contributed by atoms with E-state index in [9.17, 15) is 0 Å². The van der Waals surface area contributed by atoms with E-state index in [1.54, 1.807) is 14.2 Å². The van der Waals surface area contributed by atoms with E-state index < -0.39 is 0 Å². The van der Waals surface area contributed by atoms with Gasteiger partial charge in [-0.3, -0.25) is 0 Å². The smallest absolute Gasteiger partial charge is 0.213 e. The van der Waals surface area contributed by atoms with Crippen LogP contribution in [0.5, 0.6) is 11.6 Å². The molecule has 0 unspecified atom stereocenters. The Morgan fingerprint density at radius 1 is 1.06 bits per heavy atom. The van der Waals surface area contributed by atoms with E-state index in [1.165, 1.54) is 0 Å². The van der Waals surface area contributed by atoms with Gasteiger partial charge in [-0.05, 0) is 31.0 Å². The molecule has 0 bridgehead atoms. The van der Waals surface area contributed by atoms with Crippen molar-refractivity contribution in [2.24, 2.45) is 0 Å². The van der Waals surface area contributed by atoms with Gasteiger partial charge in [-0.1, -0.05) is 11.6 Å². The van der Waals surface area contributed by atoms with Gasteiger partial charge < -0.3 is 9.47 Å². The number of aryl methyl sites for hydroxylation is 2. The van der Waals surface area contributed by atoms with Gasteiger partial charge in [0.25, 0.3) is 0 Å². The van der Waals surface area contributed by atoms with Crippen LogP contribution in [0.1, 0.15) is 11.1 Å². The summed E-state index contributed by atoms with van der Waals surface area (Å²) in [4.78, 5) is 4.43. The number of hydrogen-bond acceptors (Lipinski definition) is 3. The number of hydrogen-bond donors (Lipinski definition) is 0. The molecule has 0 spiro atoms. The number of benzene rings is 1. The Morgan fingerprint density at radius 2 is 1.76 bits per heavy atom. The normalized spacial score (nSPS) is 10.6. The van der Waals surface area contributed by atoms with Crippen LogP contribution in [-0.2, 0) is 0 Å². The summed E-state index contributed by atoms with van der Waals surface area (Å²) in [6, 6.07) is 3.75. The zero-order chi connectivity index (χ0) is 12.6. The van der Waals surface area contributed by atoms with E-state index in [0.29, 0.717) is 16.7 Å². The van der Waals surface area contributed by atoms with Crippen molar-refractivity contribution >= 4 is 22.5 Å². The zero-order valence-electron chi connectivity index (χ0n) is 10.3. The summed E-state index contributed by atoms with van der Waals surface area (Å²) in [6.07, 6.45) is 0. The van der Waals surface area contributed by atoms with Crippen LogP contribution >= 0.6 is 11.6 Å². The largest absolute Gasteiger partial charge is 0.495 e. The number of rotatable bonds is 2. The maximum Gasteiger partial charge on any atom is 0.213 e. The SMILES string of the molecule is COc1cc(C)c2c(Cl)c(OC)cc(C)c2n1. The molecule has 3 nitrogen and oxygen atoms in total. The third kappa shape index (κ3) is 1.91. The second-order valence-corrected chi connectivity index (χ2v) is 4.29. The van der Waals surface area contributed by atoms with Gasteiger partial charge in [0, 0.05) is 11.5 Å². The molecule has 0 atom stereocenters. The standard InChI is InChI=1S/C13H14ClNO2/c1-7-6-10(17-4)15-13-8(2)5-9(16-3)12(14)11(7)13/h5-6H,1-4H3. The van der Waals surface area contributed by atoms with Crippen LogP contribution in [-0.4, -0.2) is 19.2 Å².